The van der Waals surface area contributed by atoms with E-state index in [1.165, 1.54) is 5.56 Å². The van der Waals surface area contributed by atoms with Gasteiger partial charge in [0.15, 0.2) is 0 Å². The molecule has 1 aliphatic carbocycles. The van der Waals surface area contributed by atoms with Gasteiger partial charge in [0.1, 0.15) is 0 Å². The lowest BCUT2D eigenvalue weighted by atomic mass is 9.67. The largest absolute Gasteiger partial charge is 0.385 e. The Morgan fingerprint density at radius 3 is 2.47 bits per heavy atom. The number of halogens is 1. The van der Waals surface area contributed by atoms with Crippen LogP contribution in [0.4, 0.5) is 0 Å². The van der Waals surface area contributed by atoms with Gasteiger partial charge in [-0.2, -0.15) is 0 Å². The first-order valence-corrected chi connectivity index (χ1v) is 6.15. The summed E-state index contributed by atoms with van der Waals surface area (Å²) in [5.41, 5.74) is 1.86. The van der Waals surface area contributed by atoms with E-state index in [9.17, 15) is 5.11 Å². The second-order valence-corrected chi connectivity index (χ2v) is 6.26. The van der Waals surface area contributed by atoms with Gasteiger partial charge < -0.3 is 5.11 Å². The third-order valence-electron chi connectivity index (χ3n) is 3.53. The highest BCUT2D eigenvalue weighted by Gasteiger charge is 2.38. The number of aliphatic hydroxyl groups is 1. The van der Waals surface area contributed by atoms with E-state index in [2.05, 4.69) is 48.0 Å². The Bertz CT molecular complexity index is 394. The number of hydrogen-bond acceptors (Lipinski definition) is 1. The molecule has 0 saturated heterocycles. The smallest absolute Gasteiger partial charge is 0.0872 e. The highest BCUT2D eigenvalue weighted by Crippen LogP contribution is 2.45. The summed E-state index contributed by atoms with van der Waals surface area (Å²) in [4.78, 5) is 0. The molecule has 1 aromatic carbocycles. The van der Waals surface area contributed by atoms with Gasteiger partial charge in [0.25, 0.3) is 0 Å². The lowest BCUT2D eigenvalue weighted by Crippen LogP contribution is -2.35. The Labute approximate surface area is 99.6 Å². The zero-order valence-corrected chi connectivity index (χ0v) is 11.1. The first-order valence-electron chi connectivity index (χ1n) is 5.36. The van der Waals surface area contributed by atoms with Crippen LogP contribution in [0.5, 0.6) is 0 Å². The van der Waals surface area contributed by atoms with Gasteiger partial charge in [-0.15, -0.1) is 0 Å². The summed E-state index contributed by atoms with van der Waals surface area (Å²) in [5.74, 6) is 0. The average Bonchev–Trinajstić information content (AvgIpc) is 2.13. The van der Waals surface area contributed by atoms with Crippen molar-refractivity contribution in [1.82, 2.24) is 0 Å². The van der Waals surface area contributed by atoms with Crippen LogP contribution in [-0.4, -0.2) is 5.11 Å². The minimum absolute atomic E-state index is 0.179. The molecule has 0 saturated carbocycles. The Kier molecular flexibility index (Phi) is 2.47. The topological polar surface area (TPSA) is 20.2 Å². The van der Waals surface area contributed by atoms with Crippen LogP contribution < -0.4 is 0 Å². The van der Waals surface area contributed by atoms with Crippen LogP contribution in [0.25, 0.3) is 0 Å². The van der Waals surface area contributed by atoms with Gasteiger partial charge >= 0.3 is 0 Å². The molecule has 0 aliphatic heterocycles. The predicted octanol–water partition coefficient (Wildman–Crippen LogP) is 3.73. The van der Waals surface area contributed by atoms with Crippen molar-refractivity contribution in [3.8, 4) is 0 Å². The van der Waals surface area contributed by atoms with Crippen LogP contribution in [0.1, 0.15) is 44.7 Å². The highest BCUT2D eigenvalue weighted by atomic mass is 79.9. The molecule has 1 N–H and O–H groups in total. The van der Waals surface area contributed by atoms with Gasteiger partial charge in [0.05, 0.1) is 5.60 Å². The fourth-order valence-corrected chi connectivity index (χ4v) is 2.74. The maximum absolute atomic E-state index is 10.4. The third kappa shape index (κ3) is 1.85. The Morgan fingerprint density at radius 2 is 1.80 bits per heavy atom. The van der Waals surface area contributed by atoms with E-state index < -0.39 is 5.60 Å². The molecule has 0 heterocycles. The van der Waals surface area contributed by atoms with Crippen LogP contribution >= 0.6 is 15.9 Å². The van der Waals surface area contributed by atoms with Gasteiger partial charge in [-0.1, -0.05) is 35.8 Å². The number of rotatable bonds is 0. The molecular formula is C13H17BrO. The lowest BCUT2D eigenvalue weighted by molar-refractivity contribution is 0.0276. The first kappa shape index (κ1) is 11.2. The quantitative estimate of drug-likeness (QED) is 0.761. The number of hydrogen-bond donors (Lipinski definition) is 1. The normalized spacial score (nSPS) is 28.6. The Hall–Kier alpha value is -0.340. The lowest BCUT2D eigenvalue weighted by Gasteiger charge is -2.40. The first-order chi connectivity index (χ1) is 6.83. The third-order valence-corrected chi connectivity index (χ3v) is 4.02. The van der Waals surface area contributed by atoms with E-state index in [0.717, 1.165) is 22.9 Å². The summed E-state index contributed by atoms with van der Waals surface area (Å²) in [7, 11) is 0. The molecule has 1 unspecified atom stereocenters. The van der Waals surface area contributed by atoms with Crippen LogP contribution in [0.15, 0.2) is 22.7 Å². The van der Waals surface area contributed by atoms with Crippen LogP contribution in [0, 0.1) is 0 Å². The van der Waals surface area contributed by atoms with Crippen LogP contribution in [0.3, 0.4) is 0 Å². The van der Waals surface area contributed by atoms with Gasteiger partial charge in [0, 0.05) is 4.47 Å². The molecule has 15 heavy (non-hydrogen) atoms. The molecule has 1 aliphatic rings. The van der Waals surface area contributed by atoms with Crippen molar-refractivity contribution in [2.75, 3.05) is 0 Å². The summed E-state index contributed by atoms with van der Waals surface area (Å²) in [5, 5.41) is 10.4. The summed E-state index contributed by atoms with van der Waals surface area (Å²) in [6.45, 7) is 6.40. The van der Waals surface area contributed by atoms with Gasteiger partial charge in [-0.25, -0.2) is 0 Å². The Morgan fingerprint density at radius 1 is 1.13 bits per heavy atom. The van der Waals surface area contributed by atoms with E-state index in [4.69, 9.17) is 0 Å². The molecule has 0 aromatic heterocycles. The standard InChI is InChI=1S/C13H17BrO/c1-12(2)6-7-13(3,15)11-8-9(14)4-5-10(11)12/h4-5,8,15H,6-7H2,1-3H3. The molecule has 82 valence electrons. The van der Waals surface area contributed by atoms with Gasteiger partial charge in [-0.3, -0.25) is 0 Å². The van der Waals surface area contributed by atoms with E-state index in [-0.39, 0.29) is 5.41 Å². The monoisotopic (exact) mass is 268 g/mol. The van der Waals surface area contributed by atoms with Crippen LogP contribution in [-0.2, 0) is 11.0 Å². The summed E-state index contributed by atoms with van der Waals surface area (Å²) in [6.07, 6.45) is 1.87. The molecular weight excluding hydrogens is 252 g/mol. The number of benzene rings is 1. The molecule has 1 nitrogen and oxygen atoms in total. The van der Waals surface area contributed by atoms with E-state index in [0.29, 0.717) is 0 Å². The zero-order chi connectivity index (χ0) is 11.3. The van der Waals surface area contributed by atoms with E-state index >= 15 is 0 Å². The molecule has 0 radical (unpaired) electrons. The molecule has 1 atom stereocenters. The summed E-state index contributed by atoms with van der Waals surface area (Å²) < 4.78 is 1.04. The number of fused-ring (bicyclic) bond motifs is 1. The maximum atomic E-state index is 10.4. The van der Waals surface area contributed by atoms with Gasteiger partial charge in [0.2, 0.25) is 0 Å². The second kappa shape index (κ2) is 3.33. The summed E-state index contributed by atoms with van der Waals surface area (Å²) in [6, 6.07) is 6.24. The molecule has 0 spiro atoms. The molecule has 0 amide bonds. The minimum Gasteiger partial charge on any atom is -0.385 e. The van der Waals surface area contributed by atoms with E-state index in [1.807, 2.05) is 6.92 Å². The average molecular weight is 269 g/mol. The minimum atomic E-state index is -0.672. The molecule has 0 fully saturated rings. The zero-order valence-electron chi connectivity index (χ0n) is 9.47. The second-order valence-electron chi connectivity index (χ2n) is 5.35. The van der Waals surface area contributed by atoms with Crippen molar-refractivity contribution >= 4 is 15.9 Å². The van der Waals surface area contributed by atoms with Crippen LogP contribution in [0.2, 0.25) is 0 Å². The van der Waals surface area contributed by atoms with Crippen molar-refractivity contribution in [1.29, 1.82) is 0 Å². The Balaban J connectivity index is 2.64. The van der Waals surface area contributed by atoms with E-state index in [1.54, 1.807) is 0 Å². The molecule has 2 heteroatoms. The van der Waals surface area contributed by atoms with Crippen molar-refractivity contribution in [3.05, 3.63) is 33.8 Å². The summed E-state index contributed by atoms with van der Waals surface area (Å²) >= 11 is 3.47. The van der Waals surface area contributed by atoms with Crippen molar-refractivity contribution < 1.29 is 5.11 Å². The van der Waals surface area contributed by atoms with Crippen molar-refractivity contribution in [2.45, 2.75) is 44.6 Å². The molecule has 2 rings (SSSR count). The van der Waals surface area contributed by atoms with Crippen molar-refractivity contribution in [3.63, 3.8) is 0 Å². The highest BCUT2D eigenvalue weighted by molar-refractivity contribution is 9.10. The SMILES string of the molecule is CC1(C)CCC(C)(O)c2cc(Br)ccc21. The molecule has 1 aromatic rings. The van der Waals surface area contributed by atoms with Crippen molar-refractivity contribution in [2.24, 2.45) is 0 Å². The van der Waals surface area contributed by atoms with Gasteiger partial charge in [-0.05, 0) is 48.4 Å². The predicted molar refractivity (Wildman–Crippen MR) is 66.0 cm³/mol. The fraction of sp³-hybridized carbons (Fsp3) is 0.538. The molecule has 0 bridgehead atoms. The fourth-order valence-electron chi connectivity index (χ4n) is 2.38. The maximum Gasteiger partial charge on any atom is 0.0872 e.